The molecule has 0 saturated carbocycles. The number of aromatic nitrogens is 3. The minimum atomic E-state index is 0.474. The van der Waals surface area contributed by atoms with Gasteiger partial charge in [0.15, 0.2) is 0 Å². The van der Waals surface area contributed by atoms with Gasteiger partial charge in [0.2, 0.25) is 0 Å². The molecule has 0 amide bonds. The van der Waals surface area contributed by atoms with Gasteiger partial charge in [-0.05, 0) is 24.1 Å². The molecule has 4 heteroatoms. The van der Waals surface area contributed by atoms with Crippen LogP contribution in [0.2, 0.25) is 0 Å². The molecule has 0 N–H and O–H groups in total. The lowest BCUT2D eigenvalue weighted by Gasteiger charge is -2.01. The first-order valence-electron chi connectivity index (χ1n) is 4.84. The molecule has 0 fully saturated rings. The van der Waals surface area contributed by atoms with Gasteiger partial charge >= 0.3 is 0 Å². The highest BCUT2D eigenvalue weighted by atomic mass is 35.5. The molecular weight excluding hydrogens is 210 g/mol. The summed E-state index contributed by atoms with van der Waals surface area (Å²) in [5.41, 5.74) is 2.21. The van der Waals surface area contributed by atoms with Crippen LogP contribution in [-0.4, -0.2) is 14.5 Å². The van der Waals surface area contributed by atoms with Gasteiger partial charge in [-0.15, -0.1) is 11.6 Å². The summed E-state index contributed by atoms with van der Waals surface area (Å²) in [6.07, 6.45) is 8.41. The molecule has 0 aliphatic heterocycles. The summed E-state index contributed by atoms with van der Waals surface area (Å²) in [7, 11) is 0. The number of rotatable bonds is 4. The number of imidazole rings is 1. The van der Waals surface area contributed by atoms with E-state index in [9.17, 15) is 0 Å². The highest BCUT2D eigenvalue weighted by molar-refractivity contribution is 6.16. The van der Waals surface area contributed by atoms with Crippen LogP contribution in [-0.2, 0) is 18.8 Å². The predicted molar refractivity (Wildman–Crippen MR) is 59.7 cm³/mol. The van der Waals surface area contributed by atoms with E-state index >= 15 is 0 Å². The van der Waals surface area contributed by atoms with Gasteiger partial charge in [0.1, 0.15) is 0 Å². The summed E-state index contributed by atoms with van der Waals surface area (Å²) in [6.45, 7) is 0.925. The van der Waals surface area contributed by atoms with E-state index in [1.54, 1.807) is 0 Å². The third kappa shape index (κ3) is 2.80. The Morgan fingerprint density at radius 1 is 1.27 bits per heavy atom. The summed E-state index contributed by atoms with van der Waals surface area (Å²) in [5.74, 6) is 0.474. The molecule has 2 heterocycles. The second kappa shape index (κ2) is 4.94. The molecule has 0 saturated heterocycles. The van der Waals surface area contributed by atoms with Crippen LogP contribution in [0.1, 0.15) is 11.3 Å². The van der Waals surface area contributed by atoms with Gasteiger partial charge in [-0.3, -0.25) is 4.98 Å². The van der Waals surface area contributed by atoms with Crippen LogP contribution >= 0.6 is 11.6 Å². The van der Waals surface area contributed by atoms with Gasteiger partial charge in [0.25, 0.3) is 0 Å². The fourth-order valence-corrected chi connectivity index (χ4v) is 1.54. The molecule has 2 rings (SSSR count). The normalized spacial score (nSPS) is 10.5. The third-order valence-corrected chi connectivity index (χ3v) is 2.51. The number of hydrogen-bond donors (Lipinski definition) is 0. The number of alkyl halides is 1. The quantitative estimate of drug-likeness (QED) is 0.742. The smallest absolute Gasteiger partial charge is 0.0950 e. The fourth-order valence-electron chi connectivity index (χ4n) is 1.41. The van der Waals surface area contributed by atoms with Crippen molar-refractivity contribution < 1.29 is 0 Å². The summed E-state index contributed by atoms with van der Waals surface area (Å²) in [5, 5.41) is 0. The number of pyridine rings is 1. The van der Waals surface area contributed by atoms with E-state index in [2.05, 4.69) is 14.5 Å². The van der Waals surface area contributed by atoms with Crippen molar-refractivity contribution in [1.82, 2.24) is 14.5 Å². The molecule has 0 aromatic carbocycles. The van der Waals surface area contributed by atoms with Crippen LogP contribution in [0.25, 0.3) is 0 Å². The third-order valence-electron chi connectivity index (χ3n) is 2.23. The molecule has 2 aromatic heterocycles. The Morgan fingerprint density at radius 3 is 2.73 bits per heavy atom. The molecule has 0 aliphatic carbocycles. The summed E-state index contributed by atoms with van der Waals surface area (Å²) < 4.78 is 2.05. The molecule has 78 valence electrons. The van der Waals surface area contributed by atoms with Gasteiger partial charge in [-0.25, -0.2) is 4.98 Å². The van der Waals surface area contributed by atoms with Crippen molar-refractivity contribution in [2.45, 2.75) is 18.8 Å². The Bertz CT molecular complexity index is 411. The van der Waals surface area contributed by atoms with Crippen LogP contribution in [0.5, 0.6) is 0 Å². The second-order valence-corrected chi connectivity index (χ2v) is 3.61. The number of hydrogen-bond acceptors (Lipinski definition) is 2. The van der Waals surface area contributed by atoms with Gasteiger partial charge < -0.3 is 4.57 Å². The maximum absolute atomic E-state index is 5.67. The summed E-state index contributed by atoms with van der Waals surface area (Å²) in [4.78, 5) is 8.15. The van der Waals surface area contributed by atoms with Crippen LogP contribution in [0.3, 0.4) is 0 Å². The fraction of sp³-hybridized carbons (Fsp3) is 0.273. The maximum atomic E-state index is 5.67. The lowest BCUT2D eigenvalue weighted by molar-refractivity contribution is 0.694. The van der Waals surface area contributed by atoms with Crippen molar-refractivity contribution in [3.8, 4) is 0 Å². The monoisotopic (exact) mass is 221 g/mol. The molecule has 0 bridgehead atoms. The average Bonchev–Trinajstić information content (AvgIpc) is 2.76. The molecular formula is C11H12ClN3. The van der Waals surface area contributed by atoms with Crippen molar-refractivity contribution >= 4 is 11.6 Å². The van der Waals surface area contributed by atoms with E-state index in [-0.39, 0.29) is 0 Å². The first kappa shape index (κ1) is 10.2. The number of halogens is 1. The van der Waals surface area contributed by atoms with Crippen molar-refractivity contribution in [2.24, 2.45) is 0 Å². The van der Waals surface area contributed by atoms with Crippen molar-refractivity contribution in [2.75, 3.05) is 0 Å². The summed E-state index contributed by atoms with van der Waals surface area (Å²) >= 11 is 5.67. The molecule has 0 atom stereocenters. The zero-order valence-corrected chi connectivity index (χ0v) is 9.06. The second-order valence-electron chi connectivity index (χ2n) is 3.34. The Hall–Kier alpha value is -1.35. The zero-order valence-electron chi connectivity index (χ0n) is 8.31. The van der Waals surface area contributed by atoms with E-state index in [0.29, 0.717) is 5.88 Å². The van der Waals surface area contributed by atoms with Gasteiger partial charge in [-0.2, -0.15) is 0 Å². The highest BCUT2D eigenvalue weighted by Gasteiger charge is 1.97. The molecule has 2 aromatic rings. The van der Waals surface area contributed by atoms with Crippen LogP contribution < -0.4 is 0 Å². The van der Waals surface area contributed by atoms with Gasteiger partial charge in [0, 0.05) is 25.1 Å². The van der Waals surface area contributed by atoms with E-state index in [1.165, 1.54) is 5.56 Å². The largest absolute Gasteiger partial charge is 0.337 e. The molecule has 0 spiro atoms. The van der Waals surface area contributed by atoms with Crippen molar-refractivity contribution in [3.05, 3.63) is 48.3 Å². The van der Waals surface area contributed by atoms with Gasteiger partial charge in [-0.1, -0.05) is 0 Å². The Balaban J connectivity index is 1.93. The first-order chi connectivity index (χ1) is 7.38. The maximum Gasteiger partial charge on any atom is 0.0950 e. The Kier molecular flexibility index (Phi) is 3.35. The topological polar surface area (TPSA) is 30.7 Å². The first-order valence-corrected chi connectivity index (χ1v) is 5.37. The van der Waals surface area contributed by atoms with Crippen LogP contribution in [0, 0.1) is 0 Å². The summed E-state index contributed by atoms with van der Waals surface area (Å²) in [6, 6.07) is 4.05. The Morgan fingerprint density at radius 2 is 2.07 bits per heavy atom. The minimum absolute atomic E-state index is 0.474. The van der Waals surface area contributed by atoms with E-state index in [4.69, 9.17) is 11.6 Å². The molecule has 0 radical (unpaired) electrons. The lowest BCUT2D eigenvalue weighted by Crippen LogP contribution is -1.98. The standard InChI is InChI=1S/C11H12ClN3/c12-7-11-8-15(9-14-11)6-3-10-1-4-13-5-2-10/h1-2,4-5,8-9H,3,6-7H2. The molecule has 0 unspecified atom stereocenters. The lowest BCUT2D eigenvalue weighted by atomic mass is 10.2. The highest BCUT2D eigenvalue weighted by Crippen LogP contribution is 2.03. The molecule has 0 aliphatic rings. The number of aryl methyl sites for hydroxylation is 2. The van der Waals surface area contributed by atoms with Crippen LogP contribution in [0.15, 0.2) is 37.1 Å². The molecule has 3 nitrogen and oxygen atoms in total. The van der Waals surface area contributed by atoms with E-state index in [1.807, 2.05) is 37.1 Å². The number of nitrogens with zero attached hydrogens (tertiary/aromatic N) is 3. The van der Waals surface area contributed by atoms with E-state index < -0.39 is 0 Å². The van der Waals surface area contributed by atoms with E-state index in [0.717, 1.165) is 18.7 Å². The average molecular weight is 222 g/mol. The zero-order chi connectivity index (χ0) is 10.5. The Labute approximate surface area is 93.7 Å². The van der Waals surface area contributed by atoms with Crippen molar-refractivity contribution in [3.63, 3.8) is 0 Å². The minimum Gasteiger partial charge on any atom is -0.337 e. The van der Waals surface area contributed by atoms with Gasteiger partial charge in [0.05, 0.1) is 17.9 Å². The predicted octanol–water partition coefficient (Wildman–Crippen LogP) is 2.26. The molecule has 15 heavy (non-hydrogen) atoms. The SMILES string of the molecule is ClCc1cn(CCc2ccncc2)cn1. The van der Waals surface area contributed by atoms with Crippen molar-refractivity contribution in [1.29, 1.82) is 0 Å². The van der Waals surface area contributed by atoms with Crippen LogP contribution in [0.4, 0.5) is 0 Å².